The number of hydrogen-bond acceptors (Lipinski definition) is 13. The zero-order valence-electron chi connectivity index (χ0n) is 71.2. The van der Waals surface area contributed by atoms with E-state index in [0.717, 1.165) is 155 Å². The number of nitrogens with one attached hydrogen (secondary N) is 7. The number of rotatable bonds is 14. The van der Waals surface area contributed by atoms with E-state index in [1.54, 1.807) is 36.5 Å². The van der Waals surface area contributed by atoms with Gasteiger partial charge < -0.3 is 68.9 Å². The number of anilines is 2. The molecule has 0 saturated carbocycles. The van der Waals surface area contributed by atoms with Gasteiger partial charge in [0.05, 0.1) is 98.7 Å². The lowest BCUT2D eigenvalue weighted by Crippen LogP contribution is -2.28. The van der Waals surface area contributed by atoms with E-state index in [-0.39, 0.29) is 11.8 Å². The fourth-order valence-corrected chi connectivity index (χ4v) is 15.0. The molecule has 0 saturated heterocycles. The zero-order chi connectivity index (χ0) is 85.8. The molecule has 18 rings (SSSR count). The van der Waals surface area contributed by atoms with Crippen molar-refractivity contribution in [3.63, 3.8) is 0 Å². The number of para-hydroxylation sites is 4. The highest BCUT2D eigenvalue weighted by Gasteiger charge is 2.28. The summed E-state index contributed by atoms with van der Waals surface area (Å²) in [6.07, 6.45) is 15.4. The van der Waals surface area contributed by atoms with Gasteiger partial charge in [0.15, 0.2) is 0 Å². The number of benzene rings is 6. The van der Waals surface area contributed by atoms with Crippen molar-refractivity contribution in [2.24, 2.45) is 20.0 Å². The fraction of sp³-hybridized carbons (Fsp3) is 0.180. The Morgan fingerprint density at radius 3 is 1.41 bits per heavy atom. The minimum atomic E-state index is -0.612. The number of aliphatic imine (C=N–C) groups is 2. The lowest BCUT2D eigenvalue weighted by Gasteiger charge is -2.20. The number of ether oxygens (including phenoxy) is 5. The Labute approximate surface area is 705 Å². The van der Waals surface area contributed by atoms with Crippen molar-refractivity contribution in [2.45, 2.75) is 88.4 Å². The first-order chi connectivity index (χ1) is 58.7. The van der Waals surface area contributed by atoms with E-state index in [2.05, 4.69) is 103 Å². The van der Waals surface area contributed by atoms with Crippen molar-refractivity contribution in [1.82, 2.24) is 39.0 Å². The number of nitrogens with zero attached hydrogens (tertiary/aromatic N) is 7. The molecule has 0 unspecified atom stereocenters. The molecule has 1 amide bonds. The van der Waals surface area contributed by atoms with Crippen molar-refractivity contribution in [3.05, 3.63) is 356 Å². The van der Waals surface area contributed by atoms with Crippen molar-refractivity contribution < 1.29 is 38.4 Å². The molecule has 0 radical (unpaired) electrons. The van der Waals surface area contributed by atoms with Gasteiger partial charge in [0, 0.05) is 117 Å². The molecule has 0 fully saturated rings. The van der Waals surface area contributed by atoms with Gasteiger partial charge in [0.1, 0.15) is 52.4 Å². The molecule has 616 valence electrons. The molecular weight excluding hydrogens is 1530 g/mol. The summed E-state index contributed by atoms with van der Waals surface area (Å²) in [6.45, 7) is 22.4. The van der Waals surface area contributed by atoms with Crippen LogP contribution in [0.5, 0.6) is 17.2 Å². The highest BCUT2D eigenvalue weighted by atomic mass is 16.6. The zero-order valence-corrected chi connectivity index (χ0v) is 71.2. The van der Waals surface area contributed by atoms with Crippen LogP contribution in [0.25, 0.3) is 69.7 Å². The summed E-state index contributed by atoms with van der Waals surface area (Å²) < 4.78 is 31.8. The molecule has 22 nitrogen and oxygen atoms in total. The van der Waals surface area contributed by atoms with Crippen LogP contribution < -0.4 is 62.2 Å². The second-order valence-corrected chi connectivity index (χ2v) is 31.6. The van der Waals surface area contributed by atoms with Crippen molar-refractivity contribution in [2.75, 3.05) is 45.6 Å². The van der Waals surface area contributed by atoms with E-state index in [0.29, 0.717) is 63.4 Å². The number of hydrogen-bond donors (Lipinski definition) is 8. The molecular formula is C100H98N14O8. The first-order valence-corrected chi connectivity index (χ1v) is 40.2. The number of allylic oxidation sites excluding steroid dienone is 2. The van der Waals surface area contributed by atoms with E-state index in [4.69, 9.17) is 38.7 Å². The quantitative estimate of drug-likeness (QED) is 0.0513. The molecule has 4 aliphatic rings. The Balaban J connectivity index is 0.000000128. The molecule has 14 aromatic rings. The van der Waals surface area contributed by atoms with Gasteiger partial charge in [0.25, 0.3) is 0 Å². The number of methoxy groups -OCH3 is 3. The van der Waals surface area contributed by atoms with Gasteiger partial charge in [-0.1, -0.05) is 84.9 Å². The van der Waals surface area contributed by atoms with Gasteiger partial charge in [-0.25, -0.2) is 34.1 Å². The van der Waals surface area contributed by atoms with Crippen LogP contribution in [0.1, 0.15) is 106 Å². The van der Waals surface area contributed by atoms with E-state index < -0.39 is 11.7 Å². The highest BCUT2D eigenvalue weighted by molar-refractivity contribution is 6.17. The van der Waals surface area contributed by atoms with E-state index in [1.807, 2.05) is 269 Å². The second-order valence-electron chi connectivity index (χ2n) is 31.6. The molecule has 122 heavy (non-hydrogen) atoms. The van der Waals surface area contributed by atoms with Gasteiger partial charge in [-0.05, 0) is 237 Å². The molecule has 0 spiro atoms. The Bertz CT molecular complexity index is 7130. The predicted molar refractivity (Wildman–Crippen MR) is 487 cm³/mol. The Morgan fingerprint density at radius 1 is 0.475 bits per heavy atom. The molecule has 0 bridgehead atoms. The van der Waals surface area contributed by atoms with Crippen molar-refractivity contribution in [1.29, 1.82) is 0 Å². The molecule has 8 N–H and O–H groups in total. The van der Waals surface area contributed by atoms with Crippen LogP contribution >= 0.6 is 0 Å². The maximum Gasteiger partial charge on any atom is 0.419 e. The predicted octanol–water partition coefficient (Wildman–Crippen LogP) is 15.2. The van der Waals surface area contributed by atoms with Crippen LogP contribution in [0.15, 0.2) is 249 Å². The summed E-state index contributed by atoms with van der Waals surface area (Å²) in [4.78, 5) is 67.9. The number of carbonyl (C=O) groups is 2. The molecule has 4 aliphatic heterocycles. The maximum atomic E-state index is 13.6. The van der Waals surface area contributed by atoms with Crippen LogP contribution in [0.4, 0.5) is 21.0 Å². The third kappa shape index (κ3) is 18.3. The molecule has 8 aromatic heterocycles. The number of amides is 1. The fourth-order valence-electron chi connectivity index (χ4n) is 15.0. The second kappa shape index (κ2) is 34.9. The smallest absolute Gasteiger partial charge is 0.419 e. The lowest BCUT2D eigenvalue weighted by atomic mass is 10.2. The minimum absolute atomic E-state index is 0.221. The molecule has 22 heteroatoms. The first-order valence-electron chi connectivity index (χ1n) is 40.2. The van der Waals surface area contributed by atoms with Crippen molar-refractivity contribution >= 4 is 105 Å². The molecule has 6 aromatic carbocycles. The average molecular weight is 1620 g/mol. The summed E-state index contributed by atoms with van der Waals surface area (Å²) >= 11 is 0. The number of aromatic amines is 6. The molecule has 0 aliphatic carbocycles. The average Bonchev–Trinajstić information content (AvgIpc) is 1.62. The van der Waals surface area contributed by atoms with E-state index in [1.165, 1.54) is 5.56 Å². The van der Waals surface area contributed by atoms with Crippen LogP contribution in [-0.4, -0.2) is 109 Å². The van der Waals surface area contributed by atoms with E-state index in [9.17, 15) is 14.7 Å². The molecule has 0 atom stereocenters. The monoisotopic (exact) mass is 1620 g/mol. The molecule has 12 heterocycles. The standard InChI is InChI=1S/C29H29N5O2.C27H25N3O2.C25H27N3O3.C19H17N3O/c1-18-14-19(2)30-23(18)16-25-28(36-5)17-24(32-25)27-15-20-8-6-7-9-26(20)34(27)29(35)31-21-10-12-22(13-11-21)33(3)4;1-17-11-18(2)28-23(17)14-26-27(32-16-19-7-6-9-21(12-19)31-3)15-25(30-26)24-13-20-8-4-5-10-22(20)29-24;1-15-11-16(2)26-18(15)13-20-23(30-6)14-19(27-20)22-12-17-9-7-8-10-21(17)28(22)24(29)31-25(3,4)5;1-11-7-12(2)20-15(11)9-18-19(23)10-17(22-18)16-8-13-5-3-4-6-14(13)21-16/h6-17,30H,1-5H3,(H,31,35);4-15,28,30H,16H2,1-3H3;7-14,26H,1-6H3;3-10,20,22-23H,1-2H3/b25-16-;25-24?,26-14-;20-13-;17-16?,18-9-. The summed E-state index contributed by atoms with van der Waals surface area (Å²) in [6, 6.07) is 63.2. The topological polar surface area (TPSA) is 270 Å². The van der Waals surface area contributed by atoms with Crippen LogP contribution in [0.2, 0.25) is 0 Å². The number of aromatic hydroxyl groups is 1. The third-order valence-electron chi connectivity index (χ3n) is 20.9. The van der Waals surface area contributed by atoms with Gasteiger partial charge >= 0.3 is 12.1 Å². The summed E-state index contributed by atoms with van der Waals surface area (Å²) in [7, 11) is 8.88. The SMILES string of the molecule is COC1=CC(c2cc3ccccc3n2C(=O)Nc2ccc(N(C)C)cc2)=N/C1=C\c1[nH]c(C)cc1C.COC1=CC(c2cc3ccccc3n2C(=O)OC(C)(C)C)=N/C1=C\c1[nH]c(C)cc1C.COc1cccc(COc2cc(=C3C=c4ccccc4=N3)[nH]/c2=C\c2[nH]c(C)cc2C)c1.Cc1cc(C)c(/C=c2\[nH]c(=C3C=c4ccccc4=N3)cc2O)[nH]1. The summed E-state index contributed by atoms with van der Waals surface area (Å²) in [5.74, 6) is 3.11. The largest absolute Gasteiger partial charge is 0.506 e. The van der Waals surface area contributed by atoms with Crippen LogP contribution in [-0.2, 0) is 20.8 Å². The summed E-state index contributed by atoms with van der Waals surface area (Å²) in [5.41, 5.74) is 22.6. The Morgan fingerprint density at radius 2 is 0.934 bits per heavy atom. The third-order valence-corrected chi connectivity index (χ3v) is 20.9. The van der Waals surface area contributed by atoms with Gasteiger partial charge in [-0.3, -0.25) is 4.57 Å². The van der Waals surface area contributed by atoms with Gasteiger partial charge in [-0.15, -0.1) is 0 Å². The number of aromatic nitrogens is 8. The minimum Gasteiger partial charge on any atom is -0.506 e. The van der Waals surface area contributed by atoms with Gasteiger partial charge in [-0.2, -0.15) is 0 Å². The number of H-pyrrole nitrogens is 6. The van der Waals surface area contributed by atoms with E-state index >= 15 is 0 Å². The Kier molecular flexibility index (Phi) is 23.4. The number of fused-ring (bicyclic) bond motifs is 4. The van der Waals surface area contributed by atoms with Gasteiger partial charge in [0.2, 0.25) is 0 Å². The van der Waals surface area contributed by atoms with Crippen LogP contribution in [0.3, 0.4) is 0 Å². The van der Waals surface area contributed by atoms with Crippen molar-refractivity contribution in [3.8, 4) is 17.2 Å². The lowest BCUT2D eigenvalue weighted by molar-refractivity contribution is 0.0543. The highest BCUT2D eigenvalue weighted by Crippen LogP contribution is 2.33. The van der Waals surface area contributed by atoms with Crippen LogP contribution in [0, 0.1) is 55.4 Å². The maximum absolute atomic E-state index is 13.6. The summed E-state index contributed by atoms with van der Waals surface area (Å²) in [5, 5.41) is 22.6. The number of aryl methyl sites for hydroxylation is 8. The first kappa shape index (κ1) is 82.1. The Hall–Kier alpha value is -15.1. The number of carbonyl (C=O) groups excluding carboxylic acids is 2. The normalized spacial score (nSPS) is 15.0.